The van der Waals surface area contributed by atoms with Gasteiger partial charge in [-0.1, -0.05) is 44.7 Å². The number of hydrogen-bond acceptors (Lipinski definition) is 3. The monoisotopic (exact) mass is 324 g/mol. The summed E-state index contributed by atoms with van der Waals surface area (Å²) < 4.78 is 0. The number of rotatable bonds is 3. The van der Waals surface area contributed by atoms with Crippen molar-refractivity contribution in [1.82, 2.24) is 0 Å². The molecule has 1 fully saturated rings. The number of anilines is 1. The first-order valence-electron chi connectivity index (χ1n) is 7.76. The molecular formula is C16H25ClN4O. The molecule has 22 heavy (non-hydrogen) atoms. The second kappa shape index (κ2) is 9.30. The van der Waals surface area contributed by atoms with Gasteiger partial charge in [-0.05, 0) is 31.0 Å². The van der Waals surface area contributed by atoms with E-state index in [1.54, 1.807) is 18.2 Å². The van der Waals surface area contributed by atoms with E-state index in [-0.39, 0.29) is 17.7 Å². The molecule has 1 aliphatic rings. The number of carbonyl (C=O) groups excluding carboxylic acids is 1. The van der Waals surface area contributed by atoms with Crippen LogP contribution >= 0.6 is 11.6 Å². The van der Waals surface area contributed by atoms with E-state index in [4.69, 9.17) is 23.2 Å². The van der Waals surface area contributed by atoms with Crippen LogP contribution in [0.1, 0.15) is 51.5 Å². The summed E-state index contributed by atoms with van der Waals surface area (Å²) in [5, 5.41) is 6.89. The Labute approximate surface area is 137 Å². The molecule has 0 unspecified atom stereocenters. The molecule has 1 saturated carbocycles. The lowest BCUT2D eigenvalue weighted by Gasteiger charge is -2.21. The van der Waals surface area contributed by atoms with Crippen LogP contribution in [0.3, 0.4) is 0 Å². The van der Waals surface area contributed by atoms with Crippen molar-refractivity contribution in [2.75, 3.05) is 5.32 Å². The highest BCUT2D eigenvalue weighted by atomic mass is 35.5. The van der Waals surface area contributed by atoms with Crippen molar-refractivity contribution in [1.29, 1.82) is 0 Å². The summed E-state index contributed by atoms with van der Waals surface area (Å²) in [6, 6.07) is 5.05. The lowest BCUT2D eigenvalue weighted by atomic mass is 9.88. The first kappa shape index (κ1) is 18.3. The van der Waals surface area contributed by atoms with Crippen LogP contribution in [0.5, 0.6) is 0 Å². The van der Waals surface area contributed by atoms with Crippen molar-refractivity contribution in [3.05, 3.63) is 28.8 Å². The molecule has 0 radical (unpaired) electrons. The second-order valence-electron chi connectivity index (χ2n) is 5.03. The number of nitrogens with zero attached hydrogens (tertiary/aromatic N) is 1. The zero-order valence-corrected chi connectivity index (χ0v) is 14.0. The first-order valence-corrected chi connectivity index (χ1v) is 8.13. The summed E-state index contributed by atoms with van der Waals surface area (Å²) >= 11 is 5.97. The molecule has 6 heteroatoms. The van der Waals surface area contributed by atoms with E-state index in [9.17, 15) is 4.79 Å². The molecule has 0 atom stereocenters. The molecule has 0 spiro atoms. The summed E-state index contributed by atoms with van der Waals surface area (Å²) in [7, 11) is 0. The molecule has 1 aliphatic carbocycles. The van der Waals surface area contributed by atoms with Crippen LogP contribution in [0.15, 0.2) is 23.3 Å². The van der Waals surface area contributed by atoms with Gasteiger partial charge in [-0.15, -0.1) is 0 Å². The normalized spacial score (nSPS) is 15.7. The van der Waals surface area contributed by atoms with Crippen LogP contribution in [0.4, 0.5) is 5.69 Å². The molecule has 122 valence electrons. The zero-order chi connectivity index (χ0) is 16.5. The maximum absolute atomic E-state index is 12.3. The average Bonchev–Trinajstić information content (AvgIpc) is 2.57. The molecule has 5 nitrogen and oxygen atoms in total. The minimum atomic E-state index is 0.0121. The fourth-order valence-corrected chi connectivity index (χ4v) is 2.68. The molecule has 2 rings (SSSR count). The highest BCUT2D eigenvalue weighted by Crippen LogP contribution is 2.27. The van der Waals surface area contributed by atoms with Gasteiger partial charge in [0.15, 0.2) is 5.84 Å². The molecule has 5 N–H and O–H groups in total. The van der Waals surface area contributed by atoms with E-state index in [0.717, 1.165) is 25.7 Å². The number of benzene rings is 1. The van der Waals surface area contributed by atoms with Crippen LogP contribution in [-0.4, -0.2) is 11.7 Å². The van der Waals surface area contributed by atoms with Crippen molar-refractivity contribution in [3.8, 4) is 0 Å². The van der Waals surface area contributed by atoms with Gasteiger partial charge in [-0.25, -0.2) is 0 Å². The van der Waals surface area contributed by atoms with E-state index in [2.05, 4.69) is 10.4 Å². The SMILES string of the molecule is CC.N/N=C(\N)c1ccc(Cl)cc1NC(=O)C1CCCCC1. The number of amidine groups is 1. The van der Waals surface area contributed by atoms with E-state index >= 15 is 0 Å². The fourth-order valence-electron chi connectivity index (χ4n) is 2.51. The van der Waals surface area contributed by atoms with Gasteiger partial charge in [-0.2, -0.15) is 5.10 Å². The Hall–Kier alpha value is -1.75. The highest BCUT2D eigenvalue weighted by molar-refractivity contribution is 6.31. The Morgan fingerprint density at radius 3 is 2.50 bits per heavy atom. The van der Waals surface area contributed by atoms with Crippen LogP contribution in [0.25, 0.3) is 0 Å². The summed E-state index contributed by atoms with van der Waals surface area (Å²) in [6.07, 6.45) is 5.28. The largest absolute Gasteiger partial charge is 0.382 e. The maximum atomic E-state index is 12.3. The van der Waals surface area contributed by atoms with E-state index < -0.39 is 0 Å². The second-order valence-corrected chi connectivity index (χ2v) is 5.46. The Balaban J connectivity index is 0.00000116. The van der Waals surface area contributed by atoms with Crippen molar-refractivity contribution in [2.24, 2.45) is 22.6 Å². The van der Waals surface area contributed by atoms with Gasteiger partial charge in [0, 0.05) is 16.5 Å². The van der Waals surface area contributed by atoms with Gasteiger partial charge in [0.25, 0.3) is 0 Å². The molecular weight excluding hydrogens is 300 g/mol. The smallest absolute Gasteiger partial charge is 0.227 e. The van der Waals surface area contributed by atoms with Crippen LogP contribution in [0.2, 0.25) is 5.02 Å². The molecule has 0 heterocycles. The topological polar surface area (TPSA) is 93.5 Å². The van der Waals surface area contributed by atoms with Gasteiger partial charge < -0.3 is 16.9 Å². The van der Waals surface area contributed by atoms with Crippen molar-refractivity contribution in [3.63, 3.8) is 0 Å². The molecule has 0 aliphatic heterocycles. The third-order valence-corrected chi connectivity index (χ3v) is 3.87. The zero-order valence-electron chi connectivity index (χ0n) is 13.2. The summed E-state index contributed by atoms with van der Waals surface area (Å²) in [4.78, 5) is 12.3. The number of nitrogens with one attached hydrogen (secondary N) is 1. The van der Waals surface area contributed by atoms with Gasteiger partial charge in [0.05, 0.1) is 5.69 Å². The minimum Gasteiger partial charge on any atom is -0.382 e. The molecule has 1 amide bonds. The van der Waals surface area contributed by atoms with Gasteiger partial charge in [-0.3, -0.25) is 4.79 Å². The fraction of sp³-hybridized carbons (Fsp3) is 0.500. The summed E-state index contributed by atoms with van der Waals surface area (Å²) in [5.41, 5.74) is 6.87. The standard InChI is InChI=1S/C14H19ClN4O.C2H6/c15-10-6-7-11(13(16)19-17)12(8-10)18-14(20)9-4-2-1-3-5-9;1-2/h6-9H,1-5,17H2,(H2,16,19)(H,18,20);1-2H3. The van der Waals surface area contributed by atoms with Crippen LogP contribution in [-0.2, 0) is 4.79 Å². The highest BCUT2D eigenvalue weighted by Gasteiger charge is 2.22. The van der Waals surface area contributed by atoms with Gasteiger partial charge >= 0.3 is 0 Å². The van der Waals surface area contributed by atoms with Crippen LogP contribution in [0, 0.1) is 5.92 Å². The van der Waals surface area contributed by atoms with Crippen molar-refractivity contribution in [2.45, 2.75) is 46.0 Å². The summed E-state index contributed by atoms with van der Waals surface area (Å²) in [5.74, 6) is 5.44. The maximum Gasteiger partial charge on any atom is 0.227 e. The number of halogens is 1. The quantitative estimate of drug-likeness (QED) is 0.344. The lowest BCUT2D eigenvalue weighted by molar-refractivity contribution is -0.120. The first-order chi connectivity index (χ1) is 10.6. The predicted octanol–water partition coefficient (Wildman–Crippen LogP) is 3.46. The number of nitrogens with two attached hydrogens (primary N) is 2. The number of carbonyl (C=O) groups is 1. The average molecular weight is 325 g/mol. The van der Waals surface area contributed by atoms with E-state index in [1.165, 1.54) is 6.42 Å². The van der Waals surface area contributed by atoms with E-state index in [1.807, 2.05) is 13.8 Å². The Morgan fingerprint density at radius 1 is 1.27 bits per heavy atom. The predicted molar refractivity (Wildman–Crippen MR) is 92.9 cm³/mol. The van der Waals surface area contributed by atoms with Crippen molar-refractivity contribution < 1.29 is 4.79 Å². The number of hydrogen-bond donors (Lipinski definition) is 3. The van der Waals surface area contributed by atoms with E-state index in [0.29, 0.717) is 16.3 Å². The number of hydrazone groups is 1. The Kier molecular flexibility index (Phi) is 7.74. The van der Waals surface area contributed by atoms with Gasteiger partial charge in [0.2, 0.25) is 5.91 Å². The number of amides is 1. The third-order valence-electron chi connectivity index (χ3n) is 3.63. The van der Waals surface area contributed by atoms with Gasteiger partial charge in [0.1, 0.15) is 0 Å². The molecule has 1 aromatic carbocycles. The Bertz CT molecular complexity index is 525. The molecule has 0 bridgehead atoms. The lowest BCUT2D eigenvalue weighted by Crippen LogP contribution is -2.26. The van der Waals surface area contributed by atoms with Crippen molar-refractivity contribution >= 4 is 29.0 Å². The van der Waals surface area contributed by atoms with Crippen LogP contribution < -0.4 is 16.9 Å². The molecule has 0 aromatic heterocycles. The Morgan fingerprint density at radius 2 is 1.91 bits per heavy atom. The molecule has 0 saturated heterocycles. The third kappa shape index (κ3) is 4.91. The molecule has 1 aromatic rings. The minimum absolute atomic E-state index is 0.0121. The summed E-state index contributed by atoms with van der Waals surface area (Å²) in [6.45, 7) is 4.00.